The number of likely N-dealkylation sites (N-methyl/N-ethyl adjacent to an activating group) is 1. The fraction of sp³-hybridized carbons (Fsp3) is 0.409. The summed E-state index contributed by atoms with van der Waals surface area (Å²) < 4.78 is 2.29. The van der Waals surface area contributed by atoms with Crippen LogP contribution in [0.5, 0.6) is 0 Å². The Morgan fingerprint density at radius 2 is 1.96 bits per heavy atom. The van der Waals surface area contributed by atoms with Gasteiger partial charge in [0.2, 0.25) is 0 Å². The Kier molecular flexibility index (Phi) is 4.03. The molecule has 0 spiro atoms. The Balaban J connectivity index is 1.55. The predicted octanol–water partition coefficient (Wildman–Crippen LogP) is 3.75. The molecule has 2 aliphatic rings. The minimum absolute atomic E-state index is 0.150. The number of para-hydroxylation sites is 1. The van der Waals surface area contributed by atoms with Crippen molar-refractivity contribution in [1.82, 2.24) is 9.47 Å². The maximum atomic E-state index is 12.9. The number of hydrogen-bond donors (Lipinski definition) is 0. The Labute approximate surface area is 155 Å². The smallest absolute Gasteiger partial charge is 0.171 e. The number of aromatic nitrogens is 1. The number of fused-ring (bicyclic) bond motifs is 2. The molecule has 0 saturated heterocycles. The predicted molar refractivity (Wildman–Crippen MR) is 105 cm³/mol. The van der Waals surface area contributed by atoms with E-state index in [2.05, 4.69) is 84.8 Å². The highest BCUT2D eigenvalue weighted by Crippen LogP contribution is 2.46. The summed E-state index contributed by atoms with van der Waals surface area (Å²) in [6, 6.07) is 12.9. The molecule has 4 nitrogen and oxygen atoms in total. The Hall–Kier alpha value is -2.33. The van der Waals surface area contributed by atoms with Gasteiger partial charge in [-0.3, -0.25) is 9.69 Å². The first-order valence-corrected chi connectivity index (χ1v) is 9.37. The van der Waals surface area contributed by atoms with Crippen LogP contribution in [0.3, 0.4) is 0 Å². The number of carbonyl (C=O) groups is 1. The van der Waals surface area contributed by atoms with E-state index in [-0.39, 0.29) is 17.2 Å². The van der Waals surface area contributed by atoms with Crippen LogP contribution < -0.4 is 4.90 Å². The number of rotatable bonds is 3. The zero-order chi connectivity index (χ0) is 18.5. The molecule has 0 radical (unpaired) electrons. The highest BCUT2D eigenvalue weighted by atomic mass is 16.1. The van der Waals surface area contributed by atoms with Crippen molar-refractivity contribution in [3.05, 3.63) is 65.6 Å². The van der Waals surface area contributed by atoms with Gasteiger partial charge in [0.15, 0.2) is 5.78 Å². The molecular weight excluding hydrogens is 322 g/mol. The van der Waals surface area contributed by atoms with Gasteiger partial charge in [0.1, 0.15) is 0 Å². The summed E-state index contributed by atoms with van der Waals surface area (Å²) in [5.74, 6) is 0.180. The van der Waals surface area contributed by atoms with E-state index in [1.807, 2.05) is 6.08 Å². The van der Waals surface area contributed by atoms with Gasteiger partial charge in [-0.15, -0.1) is 0 Å². The van der Waals surface area contributed by atoms with Gasteiger partial charge in [0.25, 0.3) is 0 Å². The molecule has 26 heavy (non-hydrogen) atoms. The number of allylic oxidation sites excluding steroid dienone is 1. The molecule has 4 heteroatoms. The fourth-order valence-corrected chi connectivity index (χ4v) is 4.50. The monoisotopic (exact) mass is 349 g/mol. The van der Waals surface area contributed by atoms with Crippen molar-refractivity contribution in [2.24, 2.45) is 0 Å². The van der Waals surface area contributed by atoms with E-state index in [9.17, 15) is 4.79 Å². The third-order valence-electron chi connectivity index (χ3n) is 6.07. The maximum absolute atomic E-state index is 12.9. The first-order chi connectivity index (χ1) is 12.4. The second-order valence-electron chi connectivity index (χ2n) is 7.97. The van der Waals surface area contributed by atoms with Gasteiger partial charge in [-0.25, -0.2) is 0 Å². The number of ketones is 1. The van der Waals surface area contributed by atoms with E-state index < -0.39 is 0 Å². The first kappa shape index (κ1) is 17.1. The molecule has 0 N–H and O–H groups in total. The summed E-state index contributed by atoms with van der Waals surface area (Å²) in [6.45, 7) is 8.92. The third kappa shape index (κ3) is 2.60. The lowest BCUT2D eigenvalue weighted by Gasteiger charge is -2.34. The average molecular weight is 349 g/mol. The average Bonchev–Trinajstić information content (AvgIpc) is 3.17. The lowest BCUT2D eigenvalue weighted by molar-refractivity contribution is -0.116. The highest BCUT2D eigenvalue weighted by molar-refractivity contribution is 5.94. The van der Waals surface area contributed by atoms with Gasteiger partial charge in [-0.05, 0) is 30.7 Å². The molecule has 0 amide bonds. The van der Waals surface area contributed by atoms with E-state index in [4.69, 9.17) is 0 Å². The van der Waals surface area contributed by atoms with Crippen LogP contribution in [0.4, 0.5) is 5.69 Å². The van der Waals surface area contributed by atoms with E-state index in [1.165, 1.54) is 16.9 Å². The zero-order valence-corrected chi connectivity index (χ0v) is 16.1. The minimum Gasteiger partial charge on any atom is -0.349 e. The van der Waals surface area contributed by atoms with E-state index in [0.717, 1.165) is 18.8 Å². The SMILES string of the molecule is CC1c2cccn2CCN1CC(=O)C=C1N(C)c2ccccc2C1(C)C. The Morgan fingerprint density at radius 3 is 2.73 bits per heavy atom. The molecule has 0 fully saturated rings. The molecule has 1 unspecified atom stereocenters. The second-order valence-corrected chi connectivity index (χ2v) is 7.97. The molecule has 3 heterocycles. The van der Waals surface area contributed by atoms with Crippen molar-refractivity contribution in [3.63, 3.8) is 0 Å². The van der Waals surface area contributed by atoms with Crippen LogP contribution in [0.15, 0.2) is 54.4 Å². The van der Waals surface area contributed by atoms with Crippen molar-refractivity contribution in [3.8, 4) is 0 Å². The van der Waals surface area contributed by atoms with E-state index >= 15 is 0 Å². The molecule has 1 aromatic carbocycles. The molecule has 2 aliphatic heterocycles. The van der Waals surface area contributed by atoms with Crippen LogP contribution >= 0.6 is 0 Å². The largest absolute Gasteiger partial charge is 0.349 e. The Bertz CT molecular complexity index is 877. The summed E-state index contributed by atoms with van der Waals surface area (Å²) in [6.07, 6.45) is 3.99. The van der Waals surface area contributed by atoms with Crippen molar-refractivity contribution in [2.45, 2.75) is 38.8 Å². The number of hydrogen-bond acceptors (Lipinski definition) is 3. The van der Waals surface area contributed by atoms with Gasteiger partial charge in [0, 0.05) is 60.9 Å². The highest BCUT2D eigenvalue weighted by Gasteiger charge is 2.38. The van der Waals surface area contributed by atoms with E-state index in [0.29, 0.717) is 6.54 Å². The number of carbonyl (C=O) groups excluding carboxylic acids is 1. The van der Waals surface area contributed by atoms with Crippen LogP contribution in [-0.4, -0.2) is 35.4 Å². The fourth-order valence-electron chi connectivity index (χ4n) is 4.50. The first-order valence-electron chi connectivity index (χ1n) is 9.37. The summed E-state index contributed by atoms with van der Waals surface area (Å²) in [5.41, 5.74) is 4.70. The second kappa shape index (κ2) is 6.13. The third-order valence-corrected chi connectivity index (χ3v) is 6.07. The summed E-state index contributed by atoms with van der Waals surface area (Å²) in [7, 11) is 2.06. The van der Waals surface area contributed by atoms with Crippen molar-refractivity contribution < 1.29 is 4.79 Å². The lowest BCUT2D eigenvalue weighted by atomic mass is 9.83. The minimum atomic E-state index is -0.150. The van der Waals surface area contributed by atoms with Crippen molar-refractivity contribution >= 4 is 11.5 Å². The van der Waals surface area contributed by atoms with E-state index in [1.54, 1.807) is 0 Å². The normalized spacial score (nSPS) is 23.2. The lowest BCUT2D eigenvalue weighted by Crippen LogP contribution is -2.39. The summed E-state index contributed by atoms with van der Waals surface area (Å²) in [5, 5.41) is 0. The molecule has 2 aromatic rings. The van der Waals surface area contributed by atoms with Crippen molar-refractivity contribution in [2.75, 3.05) is 25.0 Å². The van der Waals surface area contributed by atoms with Crippen LogP contribution in [0, 0.1) is 0 Å². The molecule has 1 atom stereocenters. The number of anilines is 1. The molecular formula is C22H27N3O. The van der Waals surface area contributed by atoms with Crippen LogP contribution in [0.1, 0.15) is 38.1 Å². The van der Waals surface area contributed by atoms with Gasteiger partial charge < -0.3 is 9.47 Å². The molecule has 0 bridgehead atoms. The van der Waals surface area contributed by atoms with Crippen LogP contribution in [0.2, 0.25) is 0 Å². The molecule has 136 valence electrons. The van der Waals surface area contributed by atoms with Gasteiger partial charge in [-0.1, -0.05) is 32.0 Å². The van der Waals surface area contributed by atoms with Gasteiger partial charge >= 0.3 is 0 Å². The number of nitrogens with zero attached hydrogens (tertiary/aromatic N) is 3. The zero-order valence-electron chi connectivity index (χ0n) is 16.1. The summed E-state index contributed by atoms with van der Waals surface area (Å²) in [4.78, 5) is 17.3. The molecule has 0 saturated carbocycles. The molecule has 1 aromatic heterocycles. The maximum Gasteiger partial charge on any atom is 0.171 e. The van der Waals surface area contributed by atoms with Crippen LogP contribution in [0.25, 0.3) is 0 Å². The topological polar surface area (TPSA) is 28.5 Å². The van der Waals surface area contributed by atoms with Crippen molar-refractivity contribution in [1.29, 1.82) is 0 Å². The molecule has 0 aliphatic carbocycles. The quantitative estimate of drug-likeness (QED) is 0.790. The number of benzene rings is 1. The van der Waals surface area contributed by atoms with Gasteiger partial charge in [0.05, 0.1) is 6.54 Å². The van der Waals surface area contributed by atoms with Crippen LogP contribution in [-0.2, 0) is 16.8 Å². The summed E-state index contributed by atoms with van der Waals surface area (Å²) >= 11 is 0. The standard InChI is InChI=1S/C22H27N3O/c1-16-19-10-7-11-24(19)12-13-25(16)15-17(26)14-21-22(2,3)18-8-5-6-9-20(18)23(21)4/h5-11,14,16H,12-13,15H2,1-4H3. The van der Waals surface area contributed by atoms with Gasteiger partial charge in [-0.2, -0.15) is 0 Å². The Morgan fingerprint density at radius 1 is 1.19 bits per heavy atom. The molecule has 4 rings (SSSR count).